The van der Waals surface area contributed by atoms with Crippen LogP contribution in [0, 0.1) is 13.8 Å². The first-order valence-electron chi connectivity index (χ1n) is 6.98. The number of benzene rings is 2. The van der Waals surface area contributed by atoms with Gasteiger partial charge < -0.3 is 5.32 Å². The second-order valence-corrected chi connectivity index (χ2v) is 6.06. The minimum atomic E-state index is 0.773. The largest absolute Gasteiger partial charge is 0.381 e. The zero-order valence-electron chi connectivity index (χ0n) is 12.2. The zero-order valence-corrected chi connectivity index (χ0v) is 13.7. The number of para-hydroxylation sites is 1. The quantitative estimate of drug-likeness (QED) is 0.706. The summed E-state index contributed by atoms with van der Waals surface area (Å²) in [4.78, 5) is 4.50. The molecule has 21 heavy (non-hydrogen) atoms. The van der Waals surface area contributed by atoms with E-state index in [0.717, 1.165) is 17.7 Å². The average molecular weight is 341 g/mol. The molecule has 3 rings (SSSR count). The van der Waals surface area contributed by atoms with E-state index in [4.69, 9.17) is 0 Å². The molecule has 0 aliphatic rings. The molecule has 2 nitrogen and oxygen atoms in total. The van der Waals surface area contributed by atoms with E-state index in [1.165, 1.54) is 26.5 Å². The Kier molecular flexibility index (Phi) is 3.93. The molecule has 1 heterocycles. The first kappa shape index (κ1) is 14.1. The van der Waals surface area contributed by atoms with Crippen molar-refractivity contribution in [1.29, 1.82) is 0 Å². The number of fused-ring (bicyclic) bond motifs is 1. The molecular weight excluding hydrogens is 324 g/mol. The molecule has 0 unspecified atom stereocenters. The highest BCUT2D eigenvalue weighted by Crippen LogP contribution is 2.25. The van der Waals surface area contributed by atoms with E-state index >= 15 is 0 Å². The lowest BCUT2D eigenvalue weighted by atomic mass is 10.1. The van der Waals surface area contributed by atoms with E-state index < -0.39 is 0 Å². The van der Waals surface area contributed by atoms with Crippen LogP contribution in [-0.4, -0.2) is 4.98 Å². The number of hydrogen-bond acceptors (Lipinski definition) is 2. The van der Waals surface area contributed by atoms with Gasteiger partial charge in [0.25, 0.3) is 0 Å². The Morgan fingerprint density at radius 2 is 1.76 bits per heavy atom. The maximum Gasteiger partial charge on any atom is 0.0751 e. The van der Waals surface area contributed by atoms with Crippen LogP contribution in [0.5, 0.6) is 0 Å². The molecule has 1 N–H and O–H groups in total. The second-order valence-electron chi connectivity index (χ2n) is 5.27. The first-order chi connectivity index (χ1) is 10.1. The van der Waals surface area contributed by atoms with Crippen molar-refractivity contribution in [2.45, 2.75) is 20.4 Å². The van der Waals surface area contributed by atoms with Crippen LogP contribution in [0.2, 0.25) is 0 Å². The minimum Gasteiger partial charge on any atom is -0.381 e. The fourth-order valence-corrected chi connectivity index (χ4v) is 2.78. The molecule has 0 aliphatic heterocycles. The van der Waals surface area contributed by atoms with Gasteiger partial charge in [0.1, 0.15) is 0 Å². The van der Waals surface area contributed by atoms with Crippen molar-refractivity contribution in [1.82, 2.24) is 4.98 Å². The molecule has 1 aromatic heterocycles. The molecular formula is C18H17BrN2. The third kappa shape index (κ3) is 2.93. The van der Waals surface area contributed by atoms with Crippen molar-refractivity contribution in [3.8, 4) is 0 Å². The van der Waals surface area contributed by atoms with Crippen LogP contribution in [0.1, 0.15) is 16.7 Å². The lowest BCUT2D eigenvalue weighted by Crippen LogP contribution is -2.01. The summed E-state index contributed by atoms with van der Waals surface area (Å²) < 4.78 is 1.18. The van der Waals surface area contributed by atoms with Crippen LogP contribution in [-0.2, 0) is 6.54 Å². The molecule has 0 saturated heterocycles. The monoisotopic (exact) mass is 340 g/mol. The summed E-state index contributed by atoms with van der Waals surface area (Å²) in [7, 11) is 0. The molecule has 0 atom stereocenters. The van der Waals surface area contributed by atoms with Crippen LogP contribution in [0.3, 0.4) is 0 Å². The minimum absolute atomic E-state index is 0.773. The highest BCUT2D eigenvalue weighted by atomic mass is 79.9. The Morgan fingerprint density at radius 1 is 1.05 bits per heavy atom. The topological polar surface area (TPSA) is 24.9 Å². The van der Waals surface area contributed by atoms with E-state index in [1.807, 2.05) is 12.3 Å². The number of pyridine rings is 1. The number of halogens is 1. The Bertz CT molecular complexity index is 768. The van der Waals surface area contributed by atoms with Gasteiger partial charge in [-0.05, 0) is 48.7 Å². The number of aryl methyl sites for hydroxylation is 2. The summed E-state index contributed by atoms with van der Waals surface area (Å²) in [5.41, 5.74) is 5.91. The summed E-state index contributed by atoms with van der Waals surface area (Å²) in [6, 6.07) is 14.7. The lowest BCUT2D eigenvalue weighted by molar-refractivity contribution is 1.14. The highest BCUT2D eigenvalue weighted by molar-refractivity contribution is 9.10. The molecule has 106 valence electrons. The van der Waals surface area contributed by atoms with Gasteiger partial charge in [0.05, 0.1) is 5.52 Å². The number of nitrogens with zero attached hydrogens (tertiary/aromatic N) is 1. The number of hydrogen-bond donors (Lipinski definition) is 1. The normalized spacial score (nSPS) is 10.8. The Morgan fingerprint density at radius 3 is 2.52 bits per heavy atom. The van der Waals surface area contributed by atoms with Crippen LogP contribution in [0.25, 0.3) is 10.9 Å². The first-order valence-corrected chi connectivity index (χ1v) is 7.77. The summed E-state index contributed by atoms with van der Waals surface area (Å²) in [5, 5.41) is 4.68. The number of nitrogens with one attached hydrogen (secondary N) is 1. The van der Waals surface area contributed by atoms with Gasteiger partial charge in [0.15, 0.2) is 0 Å². The molecule has 0 saturated carbocycles. The number of aromatic nitrogens is 1. The van der Waals surface area contributed by atoms with Gasteiger partial charge in [-0.25, -0.2) is 0 Å². The summed E-state index contributed by atoms with van der Waals surface area (Å²) in [5.74, 6) is 0. The van der Waals surface area contributed by atoms with E-state index in [-0.39, 0.29) is 0 Å². The van der Waals surface area contributed by atoms with E-state index in [2.05, 4.69) is 76.5 Å². The van der Waals surface area contributed by atoms with Gasteiger partial charge in [0, 0.05) is 28.3 Å². The molecule has 3 heteroatoms. The summed E-state index contributed by atoms with van der Waals surface area (Å²) in [6.07, 6.45) is 1.85. The second kappa shape index (κ2) is 5.86. The smallest absolute Gasteiger partial charge is 0.0751 e. The molecule has 3 aromatic rings. The van der Waals surface area contributed by atoms with Gasteiger partial charge in [-0.1, -0.05) is 40.2 Å². The molecule has 0 aliphatic carbocycles. The Labute approximate surface area is 133 Å². The van der Waals surface area contributed by atoms with E-state index in [1.54, 1.807) is 0 Å². The van der Waals surface area contributed by atoms with E-state index in [9.17, 15) is 0 Å². The third-order valence-corrected chi connectivity index (χ3v) is 4.89. The van der Waals surface area contributed by atoms with Gasteiger partial charge >= 0.3 is 0 Å². The number of rotatable bonds is 3. The maximum absolute atomic E-state index is 4.50. The molecule has 0 radical (unpaired) electrons. The van der Waals surface area contributed by atoms with Crippen LogP contribution in [0.15, 0.2) is 53.1 Å². The van der Waals surface area contributed by atoms with Gasteiger partial charge in [-0.2, -0.15) is 0 Å². The van der Waals surface area contributed by atoms with Gasteiger partial charge in [-0.15, -0.1) is 0 Å². The van der Waals surface area contributed by atoms with Crippen molar-refractivity contribution in [3.63, 3.8) is 0 Å². The Balaban J connectivity index is 1.87. The summed E-state index contributed by atoms with van der Waals surface area (Å²) >= 11 is 3.60. The van der Waals surface area contributed by atoms with Gasteiger partial charge in [-0.3, -0.25) is 4.98 Å². The average Bonchev–Trinajstić information content (AvgIpc) is 2.50. The molecule has 0 bridgehead atoms. The molecule has 0 amide bonds. The van der Waals surface area contributed by atoms with Crippen molar-refractivity contribution < 1.29 is 0 Å². The molecule has 0 spiro atoms. The molecule has 2 aromatic carbocycles. The lowest BCUT2D eigenvalue weighted by Gasteiger charge is -2.12. The number of anilines is 1. The van der Waals surface area contributed by atoms with Crippen molar-refractivity contribution >= 4 is 32.5 Å². The highest BCUT2D eigenvalue weighted by Gasteiger charge is 2.04. The van der Waals surface area contributed by atoms with Crippen LogP contribution < -0.4 is 5.32 Å². The van der Waals surface area contributed by atoms with E-state index in [0.29, 0.717) is 0 Å². The molecule has 0 fully saturated rings. The maximum atomic E-state index is 4.50. The third-order valence-electron chi connectivity index (χ3n) is 3.64. The predicted molar refractivity (Wildman–Crippen MR) is 92.7 cm³/mol. The van der Waals surface area contributed by atoms with Crippen molar-refractivity contribution in [2.24, 2.45) is 0 Å². The van der Waals surface area contributed by atoms with Gasteiger partial charge in [0.2, 0.25) is 0 Å². The fraction of sp³-hybridized carbons (Fsp3) is 0.167. The van der Waals surface area contributed by atoms with Crippen LogP contribution >= 0.6 is 15.9 Å². The predicted octanol–water partition coefficient (Wildman–Crippen LogP) is 5.23. The zero-order chi connectivity index (χ0) is 14.8. The van der Waals surface area contributed by atoms with Crippen molar-refractivity contribution in [2.75, 3.05) is 5.32 Å². The standard InChI is InChI=1S/C18H17BrN2/c1-12-9-16(10-13(2)17(12)19)21-11-15-6-3-5-14-7-4-8-20-18(14)15/h3-10,21H,11H2,1-2H3. The summed E-state index contributed by atoms with van der Waals surface area (Å²) in [6.45, 7) is 5.00. The van der Waals surface area contributed by atoms with Crippen LogP contribution in [0.4, 0.5) is 5.69 Å². The van der Waals surface area contributed by atoms with Crippen molar-refractivity contribution in [3.05, 3.63) is 69.8 Å². The Hall–Kier alpha value is -1.87. The fourth-order valence-electron chi connectivity index (χ4n) is 2.56. The SMILES string of the molecule is Cc1cc(NCc2cccc3cccnc23)cc(C)c1Br.